The third kappa shape index (κ3) is 4.51. The molecule has 132 valence electrons. The number of carbonyl (C=O) groups excluding carboxylic acids is 3. The predicted molar refractivity (Wildman–Crippen MR) is 91.0 cm³/mol. The van der Waals surface area contributed by atoms with Crippen LogP contribution in [0.15, 0.2) is 36.7 Å². The number of hydrogen-bond donors (Lipinski definition) is 3. The van der Waals surface area contributed by atoms with Gasteiger partial charge in [0.15, 0.2) is 5.82 Å². The number of rotatable bonds is 6. The zero-order valence-corrected chi connectivity index (χ0v) is 14.0. The van der Waals surface area contributed by atoms with E-state index in [1.54, 1.807) is 36.9 Å². The summed E-state index contributed by atoms with van der Waals surface area (Å²) in [7, 11) is 1.73. The topological polar surface area (TPSA) is 113 Å². The summed E-state index contributed by atoms with van der Waals surface area (Å²) < 4.78 is 1.62. The lowest BCUT2D eigenvalue weighted by Gasteiger charge is -2.13. The molecule has 2 amide bonds. The number of nitrogens with zero attached hydrogens (tertiary/aromatic N) is 2. The third-order valence-corrected chi connectivity index (χ3v) is 3.68. The number of imidazole rings is 1. The summed E-state index contributed by atoms with van der Waals surface area (Å²) in [6.07, 6.45) is 3.73. The van der Waals surface area contributed by atoms with Crippen LogP contribution < -0.4 is 10.6 Å². The Balaban J connectivity index is 2.00. The van der Waals surface area contributed by atoms with Gasteiger partial charge in [0.25, 0.3) is 0 Å². The Hall–Kier alpha value is -3.00. The normalized spacial score (nSPS) is 11.6. The molecule has 1 aromatic carbocycles. The van der Waals surface area contributed by atoms with Crippen LogP contribution in [0.4, 0.5) is 5.69 Å². The minimum absolute atomic E-state index is 0.237. The molecular formula is C17H20N4O4. The van der Waals surface area contributed by atoms with Gasteiger partial charge in [0.2, 0.25) is 5.78 Å². The van der Waals surface area contributed by atoms with Crippen LogP contribution in [0.5, 0.6) is 0 Å². The van der Waals surface area contributed by atoms with E-state index < -0.39 is 17.9 Å². The SMILES string of the molecule is CC[C@H](CO)NC(=O)C(=O)Nc1ccc(C(=O)c2nccn2C)cc1. The highest BCUT2D eigenvalue weighted by Gasteiger charge is 2.18. The maximum absolute atomic E-state index is 12.3. The highest BCUT2D eigenvalue weighted by Crippen LogP contribution is 2.13. The second kappa shape index (κ2) is 8.20. The molecule has 0 saturated heterocycles. The fourth-order valence-corrected chi connectivity index (χ4v) is 2.13. The summed E-state index contributed by atoms with van der Waals surface area (Å²) in [4.78, 5) is 39.9. The summed E-state index contributed by atoms with van der Waals surface area (Å²) >= 11 is 0. The number of aromatic nitrogens is 2. The number of amides is 2. The van der Waals surface area contributed by atoms with Crippen molar-refractivity contribution in [2.75, 3.05) is 11.9 Å². The van der Waals surface area contributed by atoms with Gasteiger partial charge >= 0.3 is 11.8 Å². The average Bonchev–Trinajstić information content (AvgIpc) is 3.05. The van der Waals surface area contributed by atoms with Crippen molar-refractivity contribution >= 4 is 23.3 Å². The molecule has 0 aliphatic rings. The van der Waals surface area contributed by atoms with Crippen molar-refractivity contribution in [3.63, 3.8) is 0 Å². The lowest BCUT2D eigenvalue weighted by atomic mass is 10.1. The van der Waals surface area contributed by atoms with Crippen LogP contribution >= 0.6 is 0 Å². The van der Waals surface area contributed by atoms with Crippen molar-refractivity contribution in [2.24, 2.45) is 7.05 Å². The Morgan fingerprint density at radius 1 is 1.20 bits per heavy atom. The first-order valence-electron chi connectivity index (χ1n) is 7.81. The van der Waals surface area contributed by atoms with Crippen LogP contribution in [0.2, 0.25) is 0 Å². The van der Waals surface area contributed by atoms with Gasteiger partial charge in [-0.15, -0.1) is 0 Å². The lowest BCUT2D eigenvalue weighted by Crippen LogP contribution is -2.43. The van der Waals surface area contributed by atoms with Gasteiger partial charge in [0.1, 0.15) is 0 Å². The summed E-state index contributed by atoms with van der Waals surface area (Å²) in [5.74, 6) is -1.59. The first-order valence-corrected chi connectivity index (χ1v) is 7.81. The molecule has 0 unspecified atom stereocenters. The Morgan fingerprint density at radius 3 is 2.40 bits per heavy atom. The molecule has 8 heteroatoms. The van der Waals surface area contributed by atoms with Crippen LogP contribution in [0.25, 0.3) is 0 Å². The number of carbonyl (C=O) groups is 3. The van der Waals surface area contributed by atoms with E-state index in [1.807, 2.05) is 0 Å². The fraction of sp³-hybridized carbons (Fsp3) is 0.294. The molecule has 0 saturated carbocycles. The molecule has 0 aliphatic heterocycles. The molecule has 3 N–H and O–H groups in total. The largest absolute Gasteiger partial charge is 0.394 e. The van der Waals surface area contributed by atoms with Gasteiger partial charge in [-0.05, 0) is 30.7 Å². The summed E-state index contributed by atoms with van der Waals surface area (Å²) in [6.45, 7) is 1.55. The van der Waals surface area contributed by atoms with Crippen molar-refractivity contribution in [3.8, 4) is 0 Å². The molecule has 1 atom stereocenters. The highest BCUT2D eigenvalue weighted by molar-refractivity contribution is 6.39. The van der Waals surface area contributed by atoms with E-state index in [1.165, 1.54) is 18.3 Å². The number of aliphatic hydroxyl groups excluding tert-OH is 1. The molecule has 2 aromatic rings. The molecule has 2 rings (SSSR count). The highest BCUT2D eigenvalue weighted by atomic mass is 16.3. The van der Waals surface area contributed by atoms with Crippen molar-refractivity contribution in [1.29, 1.82) is 0 Å². The number of hydrogen-bond acceptors (Lipinski definition) is 5. The molecule has 0 spiro atoms. The Labute approximate surface area is 144 Å². The maximum atomic E-state index is 12.3. The Morgan fingerprint density at radius 2 is 1.88 bits per heavy atom. The molecule has 0 bridgehead atoms. The number of ketones is 1. The molecule has 1 aromatic heterocycles. The van der Waals surface area contributed by atoms with Gasteiger partial charge in [-0.3, -0.25) is 14.4 Å². The smallest absolute Gasteiger partial charge is 0.313 e. The number of aryl methyl sites for hydroxylation is 1. The monoisotopic (exact) mass is 344 g/mol. The maximum Gasteiger partial charge on any atom is 0.313 e. The molecule has 0 fully saturated rings. The van der Waals surface area contributed by atoms with E-state index in [2.05, 4.69) is 15.6 Å². The molecule has 8 nitrogen and oxygen atoms in total. The van der Waals surface area contributed by atoms with Crippen molar-refractivity contribution in [2.45, 2.75) is 19.4 Å². The summed E-state index contributed by atoms with van der Waals surface area (Å²) in [6, 6.07) is 5.70. The van der Waals surface area contributed by atoms with E-state index in [0.717, 1.165) is 0 Å². The van der Waals surface area contributed by atoms with Crippen molar-refractivity contribution in [3.05, 3.63) is 48.0 Å². The standard InChI is InChI=1S/C17H20N4O4/c1-3-12(10-22)19-16(24)17(25)20-13-6-4-11(5-7-13)14(23)15-18-8-9-21(15)2/h4-9,12,22H,3,10H2,1-2H3,(H,19,24)(H,20,25)/t12-/m1/s1. The van der Waals surface area contributed by atoms with Gasteiger partial charge < -0.3 is 20.3 Å². The van der Waals surface area contributed by atoms with Crippen LogP contribution in [0.1, 0.15) is 29.5 Å². The van der Waals surface area contributed by atoms with E-state index >= 15 is 0 Å². The molecular weight excluding hydrogens is 324 g/mol. The van der Waals surface area contributed by atoms with Gasteiger partial charge in [-0.2, -0.15) is 0 Å². The number of aliphatic hydroxyl groups is 1. The Bertz CT molecular complexity index is 763. The zero-order valence-electron chi connectivity index (χ0n) is 14.0. The lowest BCUT2D eigenvalue weighted by molar-refractivity contribution is -0.136. The van der Waals surface area contributed by atoms with Crippen molar-refractivity contribution in [1.82, 2.24) is 14.9 Å². The van der Waals surface area contributed by atoms with E-state index in [4.69, 9.17) is 5.11 Å². The first kappa shape index (κ1) is 18.3. The van der Waals surface area contributed by atoms with Gasteiger partial charge in [-0.1, -0.05) is 6.92 Å². The van der Waals surface area contributed by atoms with Crippen LogP contribution in [-0.2, 0) is 16.6 Å². The molecule has 1 heterocycles. The quantitative estimate of drug-likeness (QED) is 0.521. The zero-order chi connectivity index (χ0) is 18.4. The van der Waals surface area contributed by atoms with Crippen LogP contribution in [0.3, 0.4) is 0 Å². The number of nitrogens with one attached hydrogen (secondary N) is 2. The van der Waals surface area contributed by atoms with Gasteiger partial charge in [-0.25, -0.2) is 4.98 Å². The summed E-state index contributed by atoms with van der Waals surface area (Å²) in [5.41, 5.74) is 0.802. The van der Waals surface area contributed by atoms with Gasteiger partial charge in [0.05, 0.1) is 12.6 Å². The van der Waals surface area contributed by atoms with Crippen molar-refractivity contribution < 1.29 is 19.5 Å². The minimum atomic E-state index is -0.838. The van der Waals surface area contributed by atoms with E-state index in [-0.39, 0.29) is 12.4 Å². The third-order valence-electron chi connectivity index (χ3n) is 3.68. The number of benzene rings is 1. The second-order valence-electron chi connectivity index (χ2n) is 5.48. The second-order valence-corrected chi connectivity index (χ2v) is 5.48. The molecule has 0 radical (unpaired) electrons. The van der Waals surface area contributed by atoms with E-state index in [9.17, 15) is 14.4 Å². The van der Waals surface area contributed by atoms with Crippen LogP contribution in [0, 0.1) is 0 Å². The molecule has 0 aliphatic carbocycles. The van der Waals surface area contributed by atoms with Gasteiger partial charge in [0, 0.05) is 30.7 Å². The minimum Gasteiger partial charge on any atom is -0.394 e. The molecule has 25 heavy (non-hydrogen) atoms. The summed E-state index contributed by atoms with van der Waals surface area (Å²) in [5, 5.41) is 13.9. The average molecular weight is 344 g/mol. The first-order chi connectivity index (χ1) is 12.0. The van der Waals surface area contributed by atoms with Crippen LogP contribution in [-0.4, -0.2) is 44.9 Å². The fourth-order valence-electron chi connectivity index (χ4n) is 2.13. The van der Waals surface area contributed by atoms with E-state index in [0.29, 0.717) is 23.5 Å². The number of anilines is 1. The Kier molecular flexibility index (Phi) is 6.02. The predicted octanol–water partition coefficient (Wildman–Crippen LogP) is 0.477.